The average Bonchev–Trinajstić information content (AvgIpc) is 2.46. The van der Waals surface area contributed by atoms with Crippen LogP contribution in [0.3, 0.4) is 0 Å². The minimum absolute atomic E-state index is 1.05. The fourth-order valence-electron chi connectivity index (χ4n) is 1.95. The number of hydrogen-bond donors (Lipinski definition) is 0. The summed E-state index contributed by atoms with van der Waals surface area (Å²) < 4.78 is 0. The van der Waals surface area contributed by atoms with Gasteiger partial charge in [0.2, 0.25) is 0 Å². The maximum absolute atomic E-state index is 2.23. The first-order valence-electron chi connectivity index (χ1n) is 6.18. The predicted octanol–water partition coefficient (Wildman–Crippen LogP) is 4.82. The Morgan fingerprint density at radius 1 is 0.647 bits per heavy atom. The summed E-state index contributed by atoms with van der Waals surface area (Å²) in [4.78, 5) is 0. The van der Waals surface area contributed by atoms with E-state index in [1.807, 2.05) is 0 Å². The standard InChI is InChI=1S/C17H18/c1-2-5-9-13-17-15-11-7-3-6-10-14-16(17)12-8-4-1/h1-8,10-12,14H,9,13,15H2. The topological polar surface area (TPSA) is 0 Å². The third-order valence-corrected chi connectivity index (χ3v) is 2.88. The summed E-state index contributed by atoms with van der Waals surface area (Å²) in [5.74, 6) is 0. The summed E-state index contributed by atoms with van der Waals surface area (Å²) in [5, 5.41) is 0. The van der Waals surface area contributed by atoms with Gasteiger partial charge in [-0.3, -0.25) is 0 Å². The molecule has 2 rings (SSSR count). The number of hydrogen-bond acceptors (Lipinski definition) is 0. The minimum Gasteiger partial charge on any atom is -0.0842 e. The lowest BCUT2D eigenvalue weighted by molar-refractivity contribution is 0.930. The summed E-state index contributed by atoms with van der Waals surface area (Å²) in [6, 6.07) is 0. The van der Waals surface area contributed by atoms with Gasteiger partial charge in [-0.1, -0.05) is 78.5 Å². The van der Waals surface area contributed by atoms with E-state index in [0.717, 1.165) is 19.3 Å². The zero-order valence-electron chi connectivity index (χ0n) is 10.0. The predicted molar refractivity (Wildman–Crippen MR) is 75.7 cm³/mol. The van der Waals surface area contributed by atoms with Crippen molar-refractivity contribution in [2.75, 3.05) is 0 Å². The van der Waals surface area contributed by atoms with E-state index in [-0.39, 0.29) is 0 Å². The van der Waals surface area contributed by atoms with Crippen LogP contribution in [-0.2, 0) is 0 Å². The van der Waals surface area contributed by atoms with Crippen LogP contribution in [0.2, 0.25) is 0 Å². The van der Waals surface area contributed by atoms with E-state index >= 15 is 0 Å². The van der Waals surface area contributed by atoms with Crippen molar-refractivity contribution in [3.05, 3.63) is 84.1 Å². The Morgan fingerprint density at radius 2 is 1.29 bits per heavy atom. The summed E-state index contributed by atoms with van der Waals surface area (Å²) in [7, 11) is 0. The molecule has 0 heterocycles. The van der Waals surface area contributed by atoms with Crippen LogP contribution in [0.4, 0.5) is 0 Å². The lowest BCUT2D eigenvalue weighted by Crippen LogP contribution is -1.88. The number of rotatable bonds is 0. The molecule has 0 fully saturated rings. The molecule has 0 radical (unpaired) electrons. The van der Waals surface area contributed by atoms with E-state index in [2.05, 4.69) is 72.9 Å². The fraction of sp³-hybridized carbons (Fsp3) is 0.176. The molecule has 2 aliphatic carbocycles. The Kier molecular flexibility index (Phi) is 4.59. The minimum atomic E-state index is 1.05. The highest BCUT2D eigenvalue weighted by molar-refractivity contribution is 5.40. The van der Waals surface area contributed by atoms with Crippen molar-refractivity contribution < 1.29 is 0 Å². The quantitative estimate of drug-likeness (QED) is 0.551. The molecule has 17 heavy (non-hydrogen) atoms. The second-order valence-electron chi connectivity index (χ2n) is 4.15. The third kappa shape index (κ3) is 3.92. The van der Waals surface area contributed by atoms with E-state index < -0.39 is 0 Å². The van der Waals surface area contributed by atoms with Crippen molar-refractivity contribution in [2.45, 2.75) is 19.3 Å². The van der Waals surface area contributed by atoms with Gasteiger partial charge in [-0.15, -0.1) is 0 Å². The van der Waals surface area contributed by atoms with Gasteiger partial charge in [0.1, 0.15) is 0 Å². The summed E-state index contributed by atoms with van der Waals surface area (Å²) >= 11 is 0. The summed E-state index contributed by atoms with van der Waals surface area (Å²) in [6.07, 6.45) is 29.0. The summed E-state index contributed by atoms with van der Waals surface area (Å²) in [5.41, 5.74) is 2.86. The van der Waals surface area contributed by atoms with Gasteiger partial charge in [-0.05, 0) is 24.8 Å². The van der Waals surface area contributed by atoms with Gasteiger partial charge >= 0.3 is 0 Å². The normalized spacial score (nSPS) is 19.8. The van der Waals surface area contributed by atoms with Crippen molar-refractivity contribution in [1.29, 1.82) is 0 Å². The van der Waals surface area contributed by atoms with Gasteiger partial charge in [-0.2, -0.15) is 0 Å². The van der Waals surface area contributed by atoms with E-state index in [4.69, 9.17) is 0 Å². The Labute approximate surface area is 104 Å². The van der Waals surface area contributed by atoms with Crippen LogP contribution in [0, 0.1) is 0 Å². The summed E-state index contributed by atoms with van der Waals surface area (Å²) in [6.45, 7) is 0. The van der Waals surface area contributed by atoms with E-state index in [9.17, 15) is 0 Å². The molecule has 0 atom stereocenters. The van der Waals surface area contributed by atoms with Gasteiger partial charge in [0, 0.05) is 0 Å². The molecule has 0 bridgehead atoms. The first kappa shape index (κ1) is 11.7. The van der Waals surface area contributed by atoms with Crippen LogP contribution >= 0.6 is 0 Å². The van der Waals surface area contributed by atoms with Crippen molar-refractivity contribution in [3.63, 3.8) is 0 Å². The molecule has 2 aliphatic rings. The van der Waals surface area contributed by atoms with Crippen LogP contribution in [0.25, 0.3) is 0 Å². The van der Waals surface area contributed by atoms with Crippen molar-refractivity contribution in [3.8, 4) is 0 Å². The Morgan fingerprint density at radius 3 is 2.06 bits per heavy atom. The van der Waals surface area contributed by atoms with Crippen LogP contribution in [0.15, 0.2) is 84.1 Å². The smallest absolute Gasteiger partial charge is 0.0127 e. The molecule has 0 N–H and O–H groups in total. The average molecular weight is 222 g/mol. The van der Waals surface area contributed by atoms with Gasteiger partial charge < -0.3 is 0 Å². The zero-order chi connectivity index (χ0) is 11.8. The molecule has 0 aromatic carbocycles. The van der Waals surface area contributed by atoms with E-state index in [1.54, 1.807) is 0 Å². The first-order chi connectivity index (χ1) is 8.47. The molecular formula is C17H18. The van der Waals surface area contributed by atoms with Gasteiger partial charge in [0.05, 0.1) is 0 Å². The van der Waals surface area contributed by atoms with Crippen molar-refractivity contribution in [1.82, 2.24) is 0 Å². The van der Waals surface area contributed by atoms with Crippen LogP contribution in [0.1, 0.15) is 19.3 Å². The second-order valence-corrected chi connectivity index (χ2v) is 4.15. The third-order valence-electron chi connectivity index (χ3n) is 2.88. The highest BCUT2D eigenvalue weighted by Crippen LogP contribution is 2.20. The molecule has 0 amide bonds. The number of allylic oxidation sites excluding steroid dienone is 14. The maximum atomic E-state index is 2.23. The lowest BCUT2D eigenvalue weighted by atomic mass is 9.98. The molecule has 86 valence electrons. The molecular weight excluding hydrogens is 204 g/mol. The molecule has 0 nitrogen and oxygen atoms in total. The van der Waals surface area contributed by atoms with Crippen molar-refractivity contribution >= 4 is 0 Å². The fourth-order valence-corrected chi connectivity index (χ4v) is 1.95. The Balaban J connectivity index is 2.32. The second kappa shape index (κ2) is 6.70. The SMILES string of the molecule is C1=CC=CC2=C(CC=CC=CC=C2)CCC=C1. The Hall–Kier alpha value is -1.82. The molecule has 0 spiro atoms. The maximum Gasteiger partial charge on any atom is -0.0127 e. The molecule has 0 aromatic heterocycles. The highest BCUT2D eigenvalue weighted by Gasteiger charge is 2.01. The van der Waals surface area contributed by atoms with E-state index in [0.29, 0.717) is 0 Å². The van der Waals surface area contributed by atoms with Crippen LogP contribution in [0.5, 0.6) is 0 Å². The monoisotopic (exact) mass is 222 g/mol. The highest BCUT2D eigenvalue weighted by atomic mass is 14.1. The van der Waals surface area contributed by atoms with Crippen LogP contribution in [-0.4, -0.2) is 0 Å². The molecule has 0 unspecified atom stereocenters. The van der Waals surface area contributed by atoms with Gasteiger partial charge in [-0.25, -0.2) is 0 Å². The molecule has 0 aromatic rings. The Bertz CT molecular complexity index is 448. The van der Waals surface area contributed by atoms with E-state index in [1.165, 1.54) is 11.1 Å². The molecule has 0 heteroatoms. The molecule has 0 aliphatic heterocycles. The molecule has 0 saturated carbocycles. The lowest BCUT2D eigenvalue weighted by Gasteiger charge is -2.07. The largest absolute Gasteiger partial charge is 0.0842 e. The van der Waals surface area contributed by atoms with Crippen LogP contribution < -0.4 is 0 Å². The first-order valence-corrected chi connectivity index (χ1v) is 6.18. The van der Waals surface area contributed by atoms with Crippen molar-refractivity contribution in [2.24, 2.45) is 0 Å². The zero-order valence-corrected chi connectivity index (χ0v) is 10.0. The van der Waals surface area contributed by atoms with Gasteiger partial charge in [0.25, 0.3) is 0 Å². The van der Waals surface area contributed by atoms with Gasteiger partial charge in [0.15, 0.2) is 0 Å². The molecule has 0 saturated heterocycles.